The molecular formula is C53H45N. The molecule has 0 saturated carbocycles. The van der Waals surface area contributed by atoms with Crippen LogP contribution in [0.3, 0.4) is 0 Å². The average Bonchev–Trinajstić information content (AvgIpc) is 3.61. The molecule has 1 atom stereocenters. The van der Waals surface area contributed by atoms with Crippen LogP contribution in [0, 0.1) is 13.8 Å². The lowest BCUT2D eigenvalue weighted by molar-refractivity contribution is 0.601. The van der Waals surface area contributed by atoms with Crippen molar-refractivity contribution in [1.29, 1.82) is 0 Å². The van der Waals surface area contributed by atoms with Gasteiger partial charge in [0.1, 0.15) is 0 Å². The molecule has 2 aliphatic carbocycles. The smallest absolute Gasteiger partial charge is 0.0490 e. The fourth-order valence-corrected chi connectivity index (χ4v) is 8.81. The summed E-state index contributed by atoms with van der Waals surface area (Å²) in [5.41, 5.74) is 22.0. The summed E-state index contributed by atoms with van der Waals surface area (Å²) in [6.07, 6.45) is 9.01. The minimum absolute atomic E-state index is 0.164. The number of nitrogens with zero attached hydrogens (tertiary/aromatic N) is 1. The van der Waals surface area contributed by atoms with E-state index in [1.165, 1.54) is 94.8 Å². The van der Waals surface area contributed by atoms with Crippen LogP contribution in [0.4, 0.5) is 11.4 Å². The first kappa shape index (κ1) is 33.6. The highest BCUT2D eigenvalue weighted by Gasteiger charge is 2.32. The van der Waals surface area contributed by atoms with E-state index >= 15 is 0 Å². The van der Waals surface area contributed by atoms with Gasteiger partial charge in [0.2, 0.25) is 0 Å². The summed E-state index contributed by atoms with van der Waals surface area (Å²) >= 11 is 0. The summed E-state index contributed by atoms with van der Waals surface area (Å²) < 4.78 is 0. The molecule has 0 aliphatic heterocycles. The van der Waals surface area contributed by atoms with Crippen molar-refractivity contribution in [2.24, 2.45) is 0 Å². The second kappa shape index (κ2) is 13.7. The summed E-state index contributed by atoms with van der Waals surface area (Å²) in [6.45, 7) is 6.84. The van der Waals surface area contributed by atoms with Crippen molar-refractivity contribution in [3.8, 4) is 44.5 Å². The van der Waals surface area contributed by atoms with E-state index in [2.05, 4.69) is 209 Å². The molecule has 7 aromatic rings. The van der Waals surface area contributed by atoms with Gasteiger partial charge in [-0.05, 0) is 117 Å². The Morgan fingerprint density at radius 2 is 1.19 bits per heavy atom. The minimum atomic E-state index is -0.164. The normalized spacial score (nSPS) is 15.7. The zero-order chi connectivity index (χ0) is 36.8. The molecule has 262 valence electrons. The highest BCUT2D eigenvalue weighted by atomic mass is 15.1. The molecule has 9 rings (SSSR count). The quantitative estimate of drug-likeness (QED) is 0.160. The third-order valence-electron chi connectivity index (χ3n) is 11.8. The van der Waals surface area contributed by atoms with E-state index in [0.717, 1.165) is 12.8 Å². The summed E-state index contributed by atoms with van der Waals surface area (Å²) in [5.74, 6) is 0. The third kappa shape index (κ3) is 5.91. The average molecular weight is 696 g/mol. The number of benzene rings is 7. The topological polar surface area (TPSA) is 3.24 Å². The zero-order valence-electron chi connectivity index (χ0n) is 31.6. The molecule has 0 aromatic heterocycles. The first-order chi connectivity index (χ1) is 26.4. The summed E-state index contributed by atoms with van der Waals surface area (Å²) in [5, 5.41) is 0. The lowest BCUT2D eigenvalue weighted by atomic mass is 9.74. The molecule has 0 radical (unpaired) electrons. The Labute approximate surface area is 320 Å². The lowest BCUT2D eigenvalue weighted by Crippen LogP contribution is -2.24. The van der Waals surface area contributed by atoms with Gasteiger partial charge in [-0.25, -0.2) is 0 Å². The molecule has 0 bridgehead atoms. The minimum Gasteiger partial charge on any atom is -0.344 e. The van der Waals surface area contributed by atoms with Crippen molar-refractivity contribution >= 4 is 16.9 Å². The molecule has 1 nitrogen and oxygen atoms in total. The van der Waals surface area contributed by atoms with Crippen molar-refractivity contribution in [1.82, 2.24) is 0 Å². The number of aryl methyl sites for hydroxylation is 2. The van der Waals surface area contributed by atoms with Gasteiger partial charge in [-0.2, -0.15) is 0 Å². The number of fused-ring (bicyclic) bond motifs is 3. The summed E-state index contributed by atoms with van der Waals surface area (Å²) in [6, 6.07) is 58.1. The Bertz CT molecular complexity index is 2590. The van der Waals surface area contributed by atoms with Gasteiger partial charge in [0, 0.05) is 29.4 Å². The van der Waals surface area contributed by atoms with Crippen LogP contribution in [0.5, 0.6) is 0 Å². The summed E-state index contributed by atoms with van der Waals surface area (Å²) in [4.78, 5) is 2.46. The number of anilines is 2. The van der Waals surface area contributed by atoms with E-state index in [1.807, 2.05) is 0 Å². The third-order valence-corrected chi connectivity index (χ3v) is 11.8. The number of hydrogen-bond donors (Lipinski definition) is 0. The maximum absolute atomic E-state index is 2.46. The number of rotatable bonds is 7. The van der Waals surface area contributed by atoms with E-state index in [0.29, 0.717) is 0 Å². The predicted molar refractivity (Wildman–Crippen MR) is 230 cm³/mol. The van der Waals surface area contributed by atoms with Crippen LogP contribution < -0.4 is 4.90 Å². The van der Waals surface area contributed by atoms with Crippen LogP contribution in [-0.2, 0) is 11.8 Å². The van der Waals surface area contributed by atoms with Gasteiger partial charge in [0.15, 0.2) is 0 Å². The van der Waals surface area contributed by atoms with Crippen molar-refractivity contribution in [3.05, 3.63) is 209 Å². The monoisotopic (exact) mass is 695 g/mol. The molecular weight excluding hydrogens is 651 g/mol. The first-order valence-corrected chi connectivity index (χ1v) is 19.2. The van der Waals surface area contributed by atoms with Crippen molar-refractivity contribution in [2.45, 2.75) is 39.0 Å². The maximum atomic E-state index is 2.46. The lowest BCUT2D eigenvalue weighted by Gasteiger charge is -2.35. The zero-order valence-corrected chi connectivity index (χ0v) is 31.6. The van der Waals surface area contributed by atoms with Gasteiger partial charge < -0.3 is 4.90 Å². The number of allylic oxidation sites excluding steroid dienone is 4. The van der Waals surface area contributed by atoms with E-state index in [-0.39, 0.29) is 5.41 Å². The van der Waals surface area contributed by atoms with Crippen LogP contribution in [0.15, 0.2) is 176 Å². The first-order valence-electron chi connectivity index (χ1n) is 19.2. The molecule has 0 amide bonds. The van der Waals surface area contributed by atoms with Crippen molar-refractivity contribution < 1.29 is 0 Å². The molecule has 0 heterocycles. The maximum Gasteiger partial charge on any atom is 0.0490 e. The highest BCUT2D eigenvalue weighted by Crippen LogP contribution is 2.50. The standard InChI is InChI=1S/C53H45N/c1-36-15-11-12-21-44(36)45-27-25-42(33-37(45)2)46-22-14-23-47-48(46)34-43-20-13-24-50(52(43)47)54(4)51-35-41(39-18-9-6-10-19-39)26-28-49(51)53(3)31-29-40(30-32-53)38-16-7-5-8-17-38/h5-31,33,35H,32,34H2,1-4H3. The van der Waals surface area contributed by atoms with Gasteiger partial charge >= 0.3 is 0 Å². The molecule has 1 heteroatoms. The number of hydrogen-bond acceptors (Lipinski definition) is 1. The molecule has 1 unspecified atom stereocenters. The Balaban J connectivity index is 1.13. The van der Waals surface area contributed by atoms with Gasteiger partial charge in [-0.3, -0.25) is 0 Å². The van der Waals surface area contributed by atoms with Crippen LogP contribution in [-0.4, -0.2) is 7.05 Å². The van der Waals surface area contributed by atoms with E-state index in [4.69, 9.17) is 0 Å². The van der Waals surface area contributed by atoms with E-state index in [1.54, 1.807) is 0 Å². The van der Waals surface area contributed by atoms with Crippen molar-refractivity contribution in [3.63, 3.8) is 0 Å². The second-order valence-electron chi connectivity index (χ2n) is 15.3. The Hall–Kier alpha value is -6.18. The van der Waals surface area contributed by atoms with E-state index < -0.39 is 0 Å². The van der Waals surface area contributed by atoms with Crippen LogP contribution in [0.25, 0.3) is 50.1 Å². The fourth-order valence-electron chi connectivity index (χ4n) is 8.81. The van der Waals surface area contributed by atoms with E-state index in [9.17, 15) is 0 Å². The predicted octanol–water partition coefficient (Wildman–Crippen LogP) is 13.9. The van der Waals surface area contributed by atoms with Crippen LogP contribution in [0.2, 0.25) is 0 Å². The Morgan fingerprint density at radius 1 is 0.519 bits per heavy atom. The van der Waals surface area contributed by atoms with Crippen LogP contribution in [0.1, 0.15) is 46.7 Å². The van der Waals surface area contributed by atoms with Gasteiger partial charge in [-0.15, -0.1) is 0 Å². The second-order valence-corrected chi connectivity index (χ2v) is 15.3. The largest absolute Gasteiger partial charge is 0.344 e. The van der Waals surface area contributed by atoms with Gasteiger partial charge in [-0.1, -0.05) is 171 Å². The SMILES string of the molecule is Cc1ccccc1-c1ccc(-c2cccc3c2Cc2cccc(N(C)c4cc(-c5ccccc5)ccc4C4(C)C=CC(c5ccccc5)=CC4)c2-3)cc1C. The molecule has 0 spiro atoms. The Kier molecular flexibility index (Phi) is 8.51. The molecule has 0 fully saturated rings. The van der Waals surface area contributed by atoms with Gasteiger partial charge in [0.25, 0.3) is 0 Å². The Morgan fingerprint density at radius 3 is 1.93 bits per heavy atom. The molecule has 0 N–H and O–H groups in total. The van der Waals surface area contributed by atoms with Crippen molar-refractivity contribution in [2.75, 3.05) is 11.9 Å². The molecule has 2 aliphatic rings. The highest BCUT2D eigenvalue weighted by molar-refractivity contribution is 5.94. The molecule has 54 heavy (non-hydrogen) atoms. The van der Waals surface area contributed by atoms with Crippen LogP contribution >= 0.6 is 0 Å². The fraction of sp³-hybridized carbons (Fsp3) is 0.132. The molecule has 7 aromatic carbocycles. The summed E-state index contributed by atoms with van der Waals surface area (Å²) in [7, 11) is 2.26. The van der Waals surface area contributed by atoms with Gasteiger partial charge in [0.05, 0.1) is 0 Å². The molecule has 0 saturated heterocycles.